The van der Waals surface area contributed by atoms with E-state index >= 15 is 0 Å². The lowest BCUT2D eigenvalue weighted by molar-refractivity contribution is -0.130. The minimum Gasteiger partial charge on any atom is -0.352 e. The molecule has 1 saturated heterocycles. The number of hydrogen-bond donors (Lipinski definition) is 1. The summed E-state index contributed by atoms with van der Waals surface area (Å²) in [4.78, 5) is 26.9. The van der Waals surface area contributed by atoms with Crippen LogP contribution in [0.1, 0.15) is 123 Å². The first-order valence-electron chi connectivity index (χ1n) is 18.7. The summed E-state index contributed by atoms with van der Waals surface area (Å²) in [6, 6.07) is 0.0844. The zero-order chi connectivity index (χ0) is 34.6. The maximum atomic E-state index is 12.6. The lowest BCUT2D eigenvalue weighted by Crippen LogP contribution is -2.38. The van der Waals surface area contributed by atoms with Gasteiger partial charge in [0.15, 0.2) is 0 Å². The van der Waals surface area contributed by atoms with Crippen LogP contribution in [0, 0.1) is 0 Å². The molecule has 264 valence electrons. The summed E-state index contributed by atoms with van der Waals surface area (Å²) in [7, 11) is 0. The average Bonchev–Trinajstić information content (AvgIpc) is 3.56. The summed E-state index contributed by atoms with van der Waals surface area (Å²) >= 11 is 0. The molecule has 0 unspecified atom stereocenters. The van der Waals surface area contributed by atoms with Gasteiger partial charge >= 0.3 is 0 Å². The summed E-state index contributed by atoms with van der Waals surface area (Å²) in [6.07, 6.45) is 59.5. The van der Waals surface area contributed by atoms with Crippen LogP contribution in [0.3, 0.4) is 0 Å². The van der Waals surface area contributed by atoms with Crippen molar-refractivity contribution in [1.29, 1.82) is 0 Å². The Morgan fingerprint density at radius 2 is 0.875 bits per heavy atom. The number of allylic oxidation sites excluding steroid dienone is 20. The van der Waals surface area contributed by atoms with Gasteiger partial charge in [0, 0.05) is 32.0 Å². The molecule has 48 heavy (non-hydrogen) atoms. The first-order chi connectivity index (χ1) is 23.7. The van der Waals surface area contributed by atoms with Crippen molar-refractivity contribution in [3.05, 3.63) is 122 Å². The largest absolute Gasteiger partial charge is 0.352 e. The zero-order valence-corrected chi connectivity index (χ0v) is 30.3. The molecule has 1 fully saturated rings. The average molecular weight is 655 g/mol. The van der Waals surface area contributed by atoms with Gasteiger partial charge in [-0.1, -0.05) is 135 Å². The Morgan fingerprint density at radius 1 is 0.521 bits per heavy atom. The number of nitrogens with zero attached hydrogens (tertiary/aromatic N) is 1. The molecule has 1 rings (SSSR count). The fourth-order valence-corrected chi connectivity index (χ4v) is 5.05. The van der Waals surface area contributed by atoms with E-state index in [1.54, 1.807) is 0 Å². The van der Waals surface area contributed by atoms with Crippen molar-refractivity contribution in [3.63, 3.8) is 0 Å². The highest BCUT2D eigenvalue weighted by molar-refractivity contribution is 5.78. The normalized spacial score (nSPS) is 16.3. The molecule has 1 aliphatic rings. The van der Waals surface area contributed by atoms with Crippen LogP contribution in [-0.2, 0) is 9.59 Å². The van der Waals surface area contributed by atoms with Gasteiger partial charge in [0.25, 0.3) is 0 Å². The Bertz CT molecular complexity index is 1110. The summed E-state index contributed by atoms with van der Waals surface area (Å²) in [5, 5.41) is 3.14. The number of hydrogen-bond acceptors (Lipinski definition) is 2. The predicted octanol–water partition coefficient (Wildman–Crippen LogP) is 11.5. The van der Waals surface area contributed by atoms with Crippen LogP contribution >= 0.6 is 0 Å². The van der Waals surface area contributed by atoms with E-state index in [4.69, 9.17) is 0 Å². The number of likely N-dealkylation sites (tertiary alicyclic amines) is 1. The number of unbranched alkanes of at least 4 members (excludes halogenated alkanes) is 2. The van der Waals surface area contributed by atoms with Gasteiger partial charge in [0.2, 0.25) is 11.8 Å². The SMILES string of the molecule is CC/C=C\C/C=C\C/C=C\C/C=C\C/C=C\CCCC(=O)N[C@H]1CCN(C(=O)CCC/C=C\C/C=C\C/C=C\C/C=C\C/C=C\CC)C1. The number of rotatable bonds is 27. The highest BCUT2D eigenvalue weighted by Gasteiger charge is 2.26. The van der Waals surface area contributed by atoms with Gasteiger partial charge in [-0.2, -0.15) is 0 Å². The number of carbonyl (C=O) groups is 2. The van der Waals surface area contributed by atoms with Crippen LogP contribution in [-0.4, -0.2) is 35.8 Å². The molecule has 0 radical (unpaired) electrons. The molecule has 0 aliphatic carbocycles. The Balaban J connectivity index is 2.02. The summed E-state index contributed by atoms with van der Waals surface area (Å²) in [5.74, 6) is 0.303. The molecule has 0 bridgehead atoms. The molecule has 1 N–H and O–H groups in total. The second-order valence-corrected chi connectivity index (χ2v) is 12.1. The van der Waals surface area contributed by atoms with E-state index in [0.29, 0.717) is 19.4 Å². The minimum absolute atomic E-state index is 0.0844. The van der Waals surface area contributed by atoms with Gasteiger partial charge in [0.1, 0.15) is 0 Å². The van der Waals surface area contributed by atoms with Crippen molar-refractivity contribution in [2.24, 2.45) is 0 Å². The highest BCUT2D eigenvalue weighted by Crippen LogP contribution is 2.13. The molecule has 0 aromatic carbocycles. The van der Waals surface area contributed by atoms with Crippen molar-refractivity contribution >= 4 is 11.8 Å². The Hall–Kier alpha value is -3.66. The van der Waals surface area contributed by atoms with Gasteiger partial charge in [-0.05, 0) is 96.3 Å². The lowest BCUT2D eigenvalue weighted by Gasteiger charge is -2.17. The van der Waals surface area contributed by atoms with E-state index in [9.17, 15) is 9.59 Å². The van der Waals surface area contributed by atoms with E-state index < -0.39 is 0 Å². The van der Waals surface area contributed by atoms with Crippen LogP contribution in [0.25, 0.3) is 0 Å². The zero-order valence-electron chi connectivity index (χ0n) is 30.3. The van der Waals surface area contributed by atoms with Crippen LogP contribution in [0.4, 0.5) is 0 Å². The maximum absolute atomic E-state index is 12.6. The van der Waals surface area contributed by atoms with Gasteiger partial charge in [0.05, 0.1) is 0 Å². The third-order valence-corrected chi connectivity index (χ3v) is 7.76. The predicted molar refractivity (Wildman–Crippen MR) is 210 cm³/mol. The molecule has 2 amide bonds. The minimum atomic E-state index is 0.0844. The van der Waals surface area contributed by atoms with Crippen molar-refractivity contribution in [2.45, 2.75) is 129 Å². The molecule has 4 nitrogen and oxygen atoms in total. The van der Waals surface area contributed by atoms with E-state index in [1.807, 2.05) is 4.90 Å². The highest BCUT2D eigenvalue weighted by atomic mass is 16.2. The molecule has 0 spiro atoms. The quantitative estimate of drug-likeness (QED) is 0.0708. The topological polar surface area (TPSA) is 49.4 Å². The van der Waals surface area contributed by atoms with Gasteiger partial charge in [-0.3, -0.25) is 9.59 Å². The molecule has 1 aliphatic heterocycles. The number of carbonyl (C=O) groups excluding carboxylic acids is 2. The van der Waals surface area contributed by atoms with Gasteiger partial charge < -0.3 is 10.2 Å². The van der Waals surface area contributed by atoms with Crippen LogP contribution in [0.5, 0.6) is 0 Å². The summed E-state index contributed by atoms with van der Waals surface area (Å²) in [6.45, 7) is 5.69. The summed E-state index contributed by atoms with van der Waals surface area (Å²) < 4.78 is 0. The lowest BCUT2D eigenvalue weighted by atomic mass is 10.2. The van der Waals surface area contributed by atoms with Crippen LogP contribution in [0.2, 0.25) is 0 Å². The first kappa shape index (κ1) is 42.4. The van der Waals surface area contributed by atoms with Crippen molar-refractivity contribution in [1.82, 2.24) is 10.2 Å². The van der Waals surface area contributed by atoms with Crippen molar-refractivity contribution in [3.8, 4) is 0 Å². The summed E-state index contributed by atoms with van der Waals surface area (Å²) in [5.41, 5.74) is 0. The van der Waals surface area contributed by atoms with E-state index in [2.05, 4.69) is 141 Å². The van der Waals surface area contributed by atoms with Crippen molar-refractivity contribution < 1.29 is 9.59 Å². The smallest absolute Gasteiger partial charge is 0.222 e. The molecule has 1 atom stereocenters. The Labute approximate surface area is 294 Å². The molecule has 0 aromatic rings. The monoisotopic (exact) mass is 655 g/mol. The number of amides is 2. The third-order valence-electron chi connectivity index (χ3n) is 7.76. The number of nitrogens with one attached hydrogen (secondary N) is 1. The molecule has 1 heterocycles. The molecule has 0 saturated carbocycles. The Kier molecular flexibility index (Phi) is 29.3. The molecule has 0 aromatic heterocycles. The van der Waals surface area contributed by atoms with Crippen molar-refractivity contribution in [2.75, 3.05) is 13.1 Å². The molecular formula is C44H66N2O2. The van der Waals surface area contributed by atoms with Crippen LogP contribution in [0.15, 0.2) is 122 Å². The van der Waals surface area contributed by atoms with Crippen LogP contribution < -0.4 is 5.32 Å². The van der Waals surface area contributed by atoms with Gasteiger partial charge in [-0.15, -0.1) is 0 Å². The third kappa shape index (κ3) is 27.5. The standard InChI is InChI=1S/C44H66N2O2/c1-3-5-7-9-11-13-15-17-19-21-23-25-27-29-31-33-35-37-43(47)45-42-39-40-46(41-42)44(48)38-36-34-32-30-28-26-24-22-20-18-16-14-12-10-8-6-4-2/h5-8,11-14,17-20,23-26,29-32,42H,3-4,9-10,15-16,21-22,27-28,33-41H2,1-2H3,(H,45,47)/b7-5-,8-6-,13-11-,14-12-,19-17-,20-18-,25-23-,26-24-,31-29-,32-30-/t42-/m0/s1. The fraction of sp³-hybridized carbons (Fsp3) is 0.500. The fourth-order valence-electron chi connectivity index (χ4n) is 5.05. The molecule has 4 heteroatoms. The molecular weight excluding hydrogens is 588 g/mol. The van der Waals surface area contributed by atoms with Gasteiger partial charge in [-0.25, -0.2) is 0 Å². The first-order valence-corrected chi connectivity index (χ1v) is 18.7. The maximum Gasteiger partial charge on any atom is 0.222 e. The Morgan fingerprint density at radius 3 is 1.27 bits per heavy atom. The second kappa shape index (κ2) is 33.2. The van der Waals surface area contributed by atoms with E-state index in [-0.39, 0.29) is 17.9 Å². The van der Waals surface area contributed by atoms with E-state index in [0.717, 1.165) is 103 Å². The second-order valence-electron chi connectivity index (χ2n) is 12.1. The van der Waals surface area contributed by atoms with E-state index in [1.165, 1.54) is 0 Å².